The van der Waals surface area contributed by atoms with Crippen molar-refractivity contribution >= 4 is 5.97 Å². The molecule has 0 saturated heterocycles. The Morgan fingerprint density at radius 1 is 1.03 bits per heavy atom. The molecule has 2 aromatic carbocycles. The van der Waals surface area contributed by atoms with Crippen molar-refractivity contribution < 1.29 is 32.2 Å². The molecule has 33 heavy (non-hydrogen) atoms. The second-order valence-electron chi connectivity index (χ2n) is 8.43. The largest absolute Gasteiger partial charge is 0.486 e. The third-order valence-electron chi connectivity index (χ3n) is 6.12. The lowest BCUT2D eigenvalue weighted by molar-refractivity contribution is -0.137. The van der Waals surface area contributed by atoms with Crippen molar-refractivity contribution in [2.75, 3.05) is 0 Å². The summed E-state index contributed by atoms with van der Waals surface area (Å²) in [5.41, 5.74) is 0.904. The van der Waals surface area contributed by atoms with Crippen LogP contribution in [-0.2, 0) is 6.18 Å². The van der Waals surface area contributed by atoms with E-state index in [4.69, 9.17) is 14.3 Å². The highest BCUT2D eigenvalue weighted by Gasteiger charge is 2.31. The summed E-state index contributed by atoms with van der Waals surface area (Å²) >= 11 is 0. The van der Waals surface area contributed by atoms with Gasteiger partial charge in [-0.25, -0.2) is 4.79 Å². The smallest absolute Gasteiger partial charge is 0.416 e. The molecule has 0 bridgehead atoms. The van der Waals surface area contributed by atoms with Crippen molar-refractivity contribution in [3.05, 3.63) is 77.0 Å². The molecule has 1 N–H and O–H groups in total. The van der Waals surface area contributed by atoms with E-state index in [0.29, 0.717) is 17.1 Å². The van der Waals surface area contributed by atoms with E-state index in [1.54, 1.807) is 12.1 Å². The fraction of sp³-hybridized carbons (Fsp3) is 0.346. The van der Waals surface area contributed by atoms with Gasteiger partial charge in [-0.05, 0) is 62.2 Å². The fourth-order valence-corrected chi connectivity index (χ4v) is 4.33. The van der Waals surface area contributed by atoms with E-state index in [1.165, 1.54) is 30.7 Å². The number of ether oxygens (including phenoxy) is 1. The molecule has 4 nitrogen and oxygen atoms in total. The van der Waals surface area contributed by atoms with E-state index in [2.05, 4.69) is 0 Å². The standard InChI is InChI=1S/C26H25F3O4/c1-16(32-21-13-9-19(10-14-21)25(30)31)22-15-23(33-24(22)18-5-3-2-4-6-18)17-7-11-20(12-8-17)26(27,28)29/h7-16,18H,2-6H2,1H3,(H,30,31). The van der Waals surface area contributed by atoms with E-state index in [0.717, 1.165) is 49.1 Å². The number of halogens is 3. The SMILES string of the molecule is CC(Oc1ccc(C(=O)O)cc1)c1cc(-c2ccc(C(F)(F)F)cc2)oc1C1CCCCC1. The minimum atomic E-state index is -4.39. The Morgan fingerprint density at radius 3 is 2.24 bits per heavy atom. The van der Waals surface area contributed by atoms with Crippen molar-refractivity contribution in [1.29, 1.82) is 0 Å². The number of furan rings is 1. The Labute approximate surface area is 190 Å². The maximum Gasteiger partial charge on any atom is 0.416 e. The molecule has 4 rings (SSSR count). The van der Waals surface area contributed by atoms with Gasteiger partial charge in [0, 0.05) is 17.0 Å². The molecule has 0 radical (unpaired) electrons. The minimum absolute atomic E-state index is 0.172. The molecule has 1 aliphatic rings. The highest BCUT2D eigenvalue weighted by molar-refractivity contribution is 5.87. The Morgan fingerprint density at radius 2 is 1.67 bits per heavy atom. The van der Waals surface area contributed by atoms with E-state index >= 15 is 0 Å². The number of aromatic carboxylic acids is 1. The summed E-state index contributed by atoms with van der Waals surface area (Å²) in [6.07, 6.45) is 0.599. The van der Waals surface area contributed by atoms with Gasteiger partial charge < -0.3 is 14.3 Å². The summed E-state index contributed by atoms with van der Waals surface area (Å²) in [7, 11) is 0. The summed E-state index contributed by atoms with van der Waals surface area (Å²) in [6.45, 7) is 1.89. The van der Waals surface area contributed by atoms with E-state index in [1.807, 2.05) is 13.0 Å². The zero-order valence-corrected chi connectivity index (χ0v) is 18.2. The van der Waals surface area contributed by atoms with Crippen molar-refractivity contribution in [3.8, 4) is 17.1 Å². The molecular formula is C26H25F3O4. The predicted molar refractivity (Wildman–Crippen MR) is 117 cm³/mol. The maximum atomic E-state index is 12.9. The Hall–Kier alpha value is -3.22. The molecular weight excluding hydrogens is 433 g/mol. The monoisotopic (exact) mass is 458 g/mol. The topological polar surface area (TPSA) is 59.7 Å². The van der Waals surface area contributed by atoms with Crippen LogP contribution in [0.4, 0.5) is 13.2 Å². The van der Waals surface area contributed by atoms with Crippen LogP contribution in [0.2, 0.25) is 0 Å². The minimum Gasteiger partial charge on any atom is -0.486 e. The molecule has 7 heteroatoms. The van der Waals surface area contributed by atoms with Gasteiger partial charge in [0.25, 0.3) is 0 Å². The first-order chi connectivity index (χ1) is 15.7. The first kappa shape index (κ1) is 23.0. The van der Waals surface area contributed by atoms with Crippen LogP contribution in [0.25, 0.3) is 11.3 Å². The van der Waals surface area contributed by atoms with Gasteiger partial charge in [0.1, 0.15) is 23.4 Å². The summed E-state index contributed by atoms with van der Waals surface area (Å²) in [5, 5.41) is 9.07. The lowest BCUT2D eigenvalue weighted by Crippen LogP contribution is -2.10. The third-order valence-corrected chi connectivity index (χ3v) is 6.12. The second kappa shape index (κ2) is 9.33. The molecule has 0 spiro atoms. The van der Waals surface area contributed by atoms with Gasteiger partial charge in [0.15, 0.2) is 0 Å². The quantitative estimate of drug-likeness (QED) is 0.409. The lowest BCUT2D eigenvalue weighted by atomic mass is 9.85. The number of benzene rings is 2. The highest BCUT2D eigenvalue weighted by Crippen LogP contribution is 2.41. The van der Waals surface area contributed by atoms with Crippen LogP contribution in [0.5, 0.6) is 5.75 Å². The van der Waals surface area contributed by atoms with E-state index < -0.39 is 17.7 Å². The van der Waals surface area contributed by atoms with Gasteiger partial charge in [0.2, 0.25) is 0 Å². The molecule has 1 saturated carbocycles. The average Bonchev–Trinajstić information content (AvgIpc) is 3.25. The summed E-state index contributed by atoms with van der Waals surface area (Å²) in [5.74, 6) is 1.08. The van der Waals surface area contributed by atoms with Crippen LogP contribution in [0, 0.1) is 0 Å². The number of carbonyl (C=O) groups is 1. The number of carboxylic acids is 1. The van der Waals surface area contributed by atoms with Crippen molar-refractivity contribution in [3.63, 3.8) is 0 Å². The molecule has 0 aliphatic heterocycles. The Bertz CT molecular complexity index is 1090. The molecule has 1 aliphatic carbocycles. The normalized spacial score (nSPS) is 15.9. The predicted octanol–water partition coefficient (Wildman–Crippen LogP) is 7.85. The lowest BCUT2D eigenvalue weighted by Gasteiger charge is -2.23. The molecule has 1 fully saturated rings. The third kappa shape index (κ3) is 5.24. The molecule has 1 unspecified atom stereocenters. The number of rotatable bonds is 6. The molecule has 1 heterocycles. The van der Waals surface area contributed by atoms with Crippen LogP contribution >= 0.6 is 0 Å². The van der Waals surface area contributed by atoms with Crippen molar-refractivity contribution in [1.82, 2.24) is 0 Å². The first-order valence-electron chi connectivity index (χ1n) is 11.0. The Balaban J connectivity index is 1.64. The number of alkyl halides is 3. The van der Waals surface area contributed by atoms with E-state index in [-0.39, 0.29) is 17.6 Å². The van der Waals surface area contributed by atoms with Gasteiger partial charge in [-0.3, -0.25) is 0 Å². The average molecular weight is 458 g/mol. The van der Waals surface area contributed by atoms with Gasteiger partial charge in [-0.1, -0.05) is 31.4 Å². The van der Waals surface area contributed by atoms with Crippen LogP contribution in [0.1, 0.15) is 78.3 Å². The van der Waals surface area contributed by atoms with Gasteiger partial charge in [-0.2, -0.15) is 13.2 Å². The second-order valence-corrected chi connectivity index (χ2v) is 8.43. The van der Waals surface area contributed by atoms with E-state index in [9.17, 15) is 18.0 Å². The zero-order chi connectivity index (χ0) is 23.6. The summed E-state index contributed by atoms with van der Waals surface area (Å²) in [6, 6.07) is 13.0. The van der Waals surface area contributed by atoms with Crippen molar-refractivity contribution in [2.45, 2.75) is 57.2 Å². The van der Waals surface area contributed by atoms with Gasteiger partial charge in [0.05, 0.1) is 11.1 Å². The number of hydrogen-bond acceptors (Lipinski definition) is 3. The van der Waals surface area contributed by atoms with Crippen molar-refractivity contribution in [2.24, 2.45) is 0 Å². The van der Waals surface area contributed by atoms with Crippen LogP contribution in [-0.4, -0.2) is 11.1 Å². The van der Waals surface area contributed by atoms with Crippen LogP contribution in [0.3, 0.4) is 0 Å². The van der Waals surface area contributed by atoms with Crippen LogP contribution < -0.4 is 4.74 Å². The van der Waals surface area contributed by atoms with Crippen LogP contribution in [0.15, 0.2) is 59.0 Å². The summed E-state index contributed by atoms with van der Waals surface area (Å²) in [4.78, 5) is 11.1. The number of carboxylic acid groups (broad SMARTS) is 1. The maximum absolute atomic E-state index is 12.9. The van der Waals surface area contributed by atoms with Gasteiger partial charge in [-0.15, -0.1) is 0 Å². The Kier molecular flexibility index (Phi) is 6.49. The molecule has 1 aromatic heterocycles. The molecule has 174 valence electrons. The zero-order valence-electron chi connectivity index (χ0n) is 18.2. The first-order valence-corrected chi connectivity index (χ1v) is 11.0. The van der Waals surface area contributed by atoms with Gasteiger partial charge >= 0.3 is 12.1 Å². The fourth-order valence-electron chi connectivity index (χ4n) is 4.33. The molecule has 0 amide bonds. The molecule has 3 aromatic rings. The highest BCUT2D eigenvalue weighted by atomic mass is 19.4. The number of hydrogen-bond donors (Lipinski definition) is 1. The molecule has 1 atom stereocenters. The summed E-state index contributed by atoms with van der Waals surface area (Å²) < 4.78 is 51.1.